The van der Waals surface area contributed by atoms with Crippen molar-refractivity contribution < 1.29 is 4.79 Å². The second-order valence-corrected chi connectivity index (χ2v) is 4.83. The molecule has 0 fully saturated rings. The van der Waals surface area contributed by atoms with Crippen molar-refractivity contribution in [3.8, 4) is 0 Å². The van der Waals surface area contributed by atoms with Crippen molar-refractivity contribution in [3.63, 3.8) is 0 Å². The first-order valence-corrected chi connectivity index (χ1v) is 7.20. The van der Waals surface area contributed by atoms with Gasteiger partial charge in [0, 0.05) is 24.9 Å². The van der Waals surface area contributed by atoms with Crippen LogP contribution in [0.5, 0.6) is 0 Å². The zero-order valence-corrected chi connectivity index (χ0v) is 12.1. The summed E-state index contributed by atoms with van der Waals surface area (Å²) in [6.45, 7) is 3.29. The Bertz CT molecular complexity index is 666. The van der Waals surface area contributed by atoms with Gasteiger partial charge in [-0.2, -0.15) is 5.10 Å². The van der Waals surface area contributed by atoms with E-state index in [0.29, 0.717) is 30.7 Å². The summed E-state index contributed by atoms with van der Waals surface area (Å²) in [5, 5.41) is 14.0. The predicted octanol–water partition coefficient (Wildman–Crippen LogP) is 1.64. The van der Waals surface area contributed by atoms with Crippen LogP contribution in [0.2, 0.25) is 0 Å². The summed E-state index contributed by atoms with van der Waals surface area (Å²) in [5.74, 6) is 0.746. The highest BCUT2D eigenvalue weighted by Crippen LogP contribution is 2.16. The average Bonchev–Trinajstić information content (AvgIpc) is 2.49. The first kappa shape index (κ1) is 15.0. The van der Waals surface area contributed by atoms with Gasteiger partial charge in [0.2, 0.25) is 5.91 Å². The van der Waals surface area contributed by atoms with Gasteiger partial charge in [-0.15, -0.1) is 0 Å². The summed E-state index contributed by atoms with van der Waals surface area (Å²) >= 11 is 0. The fourth-order valence-corrected chi connectivity index (χ4v) is 2.09. The minimum Gasteiger partial charge on any atom is -0.368 e. The van der Waals surface area contributed by atoms with Crippen LogP contribution in [0.15, 0.2) is 29.1 Å². The highest BCUT2D eigenvalue weighted by Gasteiger charge is 2.05. The van der Waals surface area contributed by atoms with Crippen LogP contribution >= 0.6 is 0 Å². The van der Waals surface area contributed by atoms with Gasteiger partial charge in [0.25, 0.3) is 5.56 Å². The molecule has 0 aliphatic heterocycles. The molecule has 2 rings (SSSR count). The molecule has 0 radical (unpaired) electrons. The fourth-order valence-electron chi connectivity index (χ4n) is 2.09. The molecule has 0 aliphatic rings. The van der Waals surface area contributed by atoms with E-state index in [2.05, 4.69) is 20.8 Å². The standard InChI is InChI=1S/C15H20N4O2/c1-2-6-13(20)16-9-5-10-17-14-11-7-3-4-8-12(11)15(21)19-18-14/h3-4,7-8H,2,5-6,9-10H2,1H3,(H,16,20)(H,17,18)(H,19,21). The number of hydrogen-bond donors (Lipinski definition) is 3. The first-order valence-electron chi connectivity index (χ1n) is 7.20. The summed E-state index contributed by atoms with van der Waals surface area (Å²) in [7, 11) is 0. The topological polar surface area (TPSA) is 86.9 Å². The number of aromatic nitrogens is 2. The Labute approximate surface area is 122 Å². The van der Waals surface area contributed by atoms with Gasteiger partial charge >= 0.3 is 0 Å². The number of benzene rings is 1. The molecule has 0 atom stereocenters. The van der Waals surface area contributed by atoms with Crippen LogP contribution < -0.4 is 16.2 Å². The van der Waals surface area contributed by atoms with Crippen molar-refractivity contribution >= 4 is 22.5 Å². The third-order valence-electron chi connectivity index (χ3n) is 3.14. The number of carbonyl (C=O) groups excluding carboxylic acids is 1. The molecule has 3 N–H and O–H groups in total. The second kappa shape index (κ2) is 7.42. The van der Waals surface area contributed by atoms with Gasteiger partial charge in [0.1, 0.15) is 0 Å². The molecule has 1 aromatic carbocycles. The highest BCUT2D eigenvalue weighted by molar-refractivity contribution is 5.90. The molecule has 112 valence electrons. The molecule has 21 heavy (non-hydrogen) atoms. The molecule has 0 unspecified atom stereocenters. The summed E-state index contributed by atoms with van der Waals surface area (Å²) in [5.41, 5.74) is -0.192. The van der Waals surface area contributed by atoms with E-state index in [4.69, 9.17) is 0 Å². The molecule has 1 heterocycles. The van der Waals surface area contributed by atoms with Gasteiger partial charge in [-0.05, 0) is 18.9 Å². The smallest absolute Gasteiger partial charge is 0.272 e. The van der Waals surface area contributed by atoms with E-state index < -0.39 is 0 Å². The monoisotopic (exact) mass is 288 g/mol. The Balaban J connectivity index is 1.88. The van der Waals surface area contributed by atoms with Crippen LogP contribution in [0.25, 0.3) is 10.8 Å². The van der Waals surface area contributed by atoms with E-state index >= 15 is 0 Å². The lowest BCUT2D eigenvalue weighted by Crippen LogP contribution is -2.25. The van der Waals surface area contributed by atoms with Crippen molar-refractivity contribution in [1.82, 2.24) is 15.5 Å². The lowest BCUT2D eigenvalue weighted by Gasteiger charge is -2.08. The van der Waals surface area contributed by atoms with Crippen LogP contribution in [0, 0.1) is 0 Å². The summed E-state index contributed by atoms with van der Waals surface area (Å²) < 4.78 is 0. The zero-order valence-electron chi connectivity index (χ0n) is 12.1. The van der Waals surface area contributed by atoms with E-state index in [1.807, 2.05) is 25.1 Å². The van der Waals surface area contributed by atoms with Gasteiger partial charge in [0.05, 0.1) is 5.39 Å². The third kappa shape index (κ3) is 4.05. The first-order chi connectivity index (χ1) is 10.2. The van der Waals surface area contributed by atoms with Crippen LogP contribution in [0.4, 0.5) is 5.82 Å². The van der Waals surface area contributed by atoms with E-state index in [1.165, 1.54) is 0 Å². The number of amides is 1. The van der Waals surface area contributed by atoms with Crippen molar-refractivity contribution in [2.45, 2.75) is 26.2 Å². The summed E-state index contributed by atoms with van der Waals surface area (Å²) in [6.07, 6.45) is 2.22. The number of nitrogens with one attached hydrogen (secondary N) is 3. The molecule has 1 amide bonds. The summed E-state index contributed by atoms with van der Waals surface area (Å²) in [6, 6.07) is 7.33. The molecule has 0 aliphatic carbocycles. The van der Waals surface area contributed by atoms with Crippen molar-refractivity contribution in [2.75, 3.05) is 18.4 Å². The molecule has 2 aromatic rings. The zero-order chi connectivity index (χ0) is 15.1. The van der Waals surface area contributed by atoms with E-state index in [1.54, 1.807) is 6.07 Å². The number of aromatic amines is 1. The number of carbonyl (C=O) groups is 1. The molecule has 0 bridgehead atoms. The maximum absolute atomic E-state index is 11.7. The lowest BCUT2D eigenvalue weighted by molar-refractivity contribution is -0.121. The third-order valence-corrected chi connectivity index (χ3v) is 3.14. The van der Waals surface area contributed by atoms with Gasteiger partial charge in [0.15, 0.2) is 5.82 Å². The van der Waals surface area contributed by atoms with Gasteiger partial charge in [-0.25, -0.2) is 5.10 Å². The molecule has 0 spiro atoms. The van der Waals surface area contributed by atoms with Crippen LogP contribution in [0.3, 0.4) is 0 Å². The summed E-state index contributed by atoms with van der Waals surface area (Å²) in [4.78, 5) is 23.0. The Kier molecular flexibility index (Phi) is 5.31. The van der Waals surface area contributed by atoms with E-state index in [-0.39, 0.29) is 11.5 Å². The number of H-pyrrole nitrogens is 1. The lowest BCUT2D eigenvalue weighted by atomic mass is 10.2. The Morgan fingerprint density at radius 2 is 2.00 bits per heavy atom. The molecule has 0 saturated heterocycles. The van der Waals surface area contributed by atoms with Crippen molar-refractivity contribution in [3.05, 3.63) is 34.6 Å². The molecule has 1 aromatic heterocycles. The fraction of sp³-hybridized carbons (Fsp3) is 0.400. The predicted molar refractivity (Wildman–Crippen MR) is 83.4 cm³/mol. The van der Waals surface area contributed by atoms with Gasteiger partial charge < -0.3 is 10.6 Å². The van der Waals surface area contributed by atoms with Crippen LogP contribution in [-0.2, 0) is 4.79 Å². The second-order valence-electron chi connectivity index (χ2n) is 4.83. The minimum absolute atomic E-state index is 0.0881. The number of rotatable bonds is 7. The number of fused-ring (bicyclic) bond motifs is 1. The Hall–Kier alpha value is -2.37. The number of nitrogens with zero attached hydrogens (tertiary/aromatic N) is 1. The van der Waals surface area contributed by atoms with E-state index in [9.17, 15) is 9.59 Å². The van der Waals surface area contributed by atoms with Gasteiger partial charge in [-0.3, -0.25) is 9.59 Å². The van der Waals surface area contributed by atoms with Crippen LogP contribution in [-0.4, -0.2) is 29.2 Å². The molecule has 6 heteroatoms. The highest BCUT2D eigenvalue weighted by atomic mass is 16.1. The Morgan fingerprint density at radius 1 is 1.24 bits per heavy atom. The normalized spacial score (nSPS) is 10.5. The van der Waals surface area contributed by atoms with Crippen molar-refractivity contribution in [2.24, 2.45) is 0 Å². The molecular formula is C15H20N4O2. The Morgan fingerprint density at radius 3 is 2.76 bits per heavy atom. The molecule has 0 saturated carbocycles. The van der Waals surface area contributed by atoms with Crippen LogP contribution in [0.1, 0.15) is 26.2 Å². The quantitative estimate of drug-likeness (QED) is 0.676. The SMILES string of the molecule is CCCC(=O)NCCCNc1n[nH]c(=O)c2ccccc12. The van der Waals surface area contributed by atoms with Crippen molar-refractivity contribution in [1.29, 1.82) is 0 Å². The maximum atomic E-state index is 11.7. The maximum Gasteiger partial charge on any atom is 0.272 e. The molecular weight excluding hydrogens is 268 g/mol. The average molecular weight is 288 g/mol. The number of anilines is 1. The van der Waals surface area contributed by atoms with E-state index in [0.717, 1.165) is 18.2 Å². The molecule has 6 nitrogen and oxygen atoms in total. The number of hydrogen-bond acceptors (Lipinski definition) is 4. The largest absolute Gasteiger partial charge is 0.368 e. The minimum atomic E-state index is -0.192. The van der Waals surface area contributed by atoms with Gasteiger partial charge in [-0.1, -0.05) is 25.1 Å².